The Hall–Kier alpha value is -1.85. The first kappa shape index (κ1) is 17.5. The van der Waals surface area contributed by atoms with Crippen LogP contribution in [0, 0.1) is 6.92 Å². The molecule has 0 atom stereocenters. The summed E-state index contributed by atoms with van der Waals surface area (Å²) in [6, 6.07) is 9.04. The first-order chi connectivity index (χ1) is 11.0. The molecule has 0 aliphatic heterocycles. The molecule has 0 aliphatic rings. The number of carbonyl (C=O) groups is 1. The number of methoxy groups -OCH3 is 2. The monoisotopic (exact) mass is 351 g/mol. The average molecular weight is 352 g/mol. The van der Waals surface area contributed by atoms with E-state index < -0.39 is 0 Å². The van der Waals surface area contributed by atoms with Crippen molar-refractivity contribution in [2.75, 3.05) is 25.8 Å². The standard InChI is InChI=1S/C17H18ClNO3S/c1-10-5-6-11(23-4)7-12(10)17(20)19-14-8-13(18)15(21-2)9-16(14)22-3/h5-9H,1-4H3,(H,19,20). The number of nitrogens with one attached hydrogen (secondary N) is 1. The zero-order valence-corrected chi connectivity index (χ0v) is 15.0. The van der Waals surface area contributed by atoms with E-state index in [1.54, 1.807) is 23.9 Å². The van der Waals surface area contributed by atoms with Crippen LogP contribution in [-0.2, 0) is 0 Å². The van der Waals surface area contributed by atoms with Crippen LogP contribution in [0.3, 0.4) is 0 Å². The van der Waals surface area contributed by atoms with Crippen molar-refractivity contribution in [1.82, 2.24) is 0 Å². The number of hydrogen-bond acceptors (Lipinski definition) is 4. The van der Waals surface area contributed by atoms with E-state index in [1.165, 1.54) is 14.2 Å². The molecule has 2 aromatic rings. The topological polar surface area (TPSA) is 47.6 Å². The van der Waals surface area contributed by atoms with Gasteiger partial charge in [-0.05, 0) is 36.9 Å². The van der Waals surface area contributed by atoms with E-state index in [0.29, 0.717) is 27.8 Å². The van der Waals surface area contributed by atoms with Crippen molar-refractivity contribution >= 4 is 35.0 Å². The first-order valence-electron chi connectivity index (χ1n) is 6.87. The number of hydrogen-bond donors (Lipinski definition) is 1. The van der Waals surface area contributed by atoms with Crippen molar-refractivity contribution in [3.63, 3.8) is 0 Å². The third-order valence-corrected chi connectivity index (χ3v) is 4.43. The number of carbonyl (C=O) groups excluding carboxylic acids is 1. The van der Waals surface area contributed by atoms with Gasteiger partial charge >= 0.3 is 0 Å². The molecule has 1 amide bonds. The molecule has 1 N–H and O–H groups in total. The van der Waals surface area contributed by atoms with Crippen LogP contribution in [0.4, 0.5) is 5.69 Å². The van der Waals surface area contributed by atoms with Crippen molar-refractivity contribution in [2.24, 2.45) is 0 Å². The van der Waals surface area contributed by atoms with Gasteiger partial charge in [0, 0.05) is 16.5 Å². The van der Waals surface area contributed by atoms with E-state index in [2.05, 4.69) is 5.32 Å². The number of benzene rings is 2. The molecule has 0 spiro atoms. The molecule has 0 aromatic heterocycles. The van der Waals surface area contributed by atoms with Gasteiger partial charge in [0.2, 0.25) is 0 Å². The van der Waals surface area contributed by atoms with Gasteiger partial charge in [-0.15, -0.1) is 11.8 Å². The number of halogens is 1. The van der Waals surface area contributed by atoms with Gasteiger partial charge in [0.05, 0.1) is 24.9 Å². The van der Waals surface area contributed by atoms with Crippen LogP contribution in [0.2, 0.25) is 5.02 Å². The smallest absolute Gasteiger partial charge is 0.256 e. The minimum Gasteiger partial charge on any atom is -0.495 e. The summed E-state index contributed by atoms with van der Waals surface area (Å²) in [7, 11) is 3.05. The normalized spacial score (nSPS) is 10.3. The maximum atomic E-state index is 12.6. The highest BCUT2D eigenvalue weighted by Crippen LogP contribution is 2.36. The quantitative estimate of drug-likeness (QED) is 0.797. The molecule has 23 heavy (non-hydrogen) atoms. The number of aryl methyl sites for hydroxylation is 1. The third-order valence-electron chi connectivity index (χ3n) is 3.41. The third kappa shape index (κ3) is 3.92. The number of thioether (sulfide) groups is 1. The van der Waals surface area contributed by atoms with Gasteiger partial charge < -0.3 is 14.8 Å². The summed E-state index contributed by atoms with van der Waals surface area (Å²) in [5.74, 6) is 0.762. The van der Waals surface area contributed by atoms with Crippen LogP contribution in [0.15, 0.2) is 35.2 Å². The highest BCUT2D eigenvalue weighted by atomic mass is 35.5. The summed E-state index contributed by atoms with van der Waals surface area (Å²) < 4.78 is 10.5. The predicted molar refractivity (Wildman–Crippen MR) is 95.5 cm³/mol. The summed E-state index contributed by atoms with van der Waals surface area (Å²) in [5, 5.41) is 3.25. The van der Waals surface area contributed by atoms with E-state index in [-0.39, 0.29) is 5.91 Å². The van der Waals surface area contributed by atoms with Gasteiger partial charge in [-0.1, -0.05) is 17.7 Å². The molecule has 0 radical (unpaired) electrons. The summed E-state index contributed by atoms with van der Waals surface area (Å²) in [6.07, 6.45) is 1.97. The average Bonchev–Trinajstić information content (AvgIpc) is 2.55. The molecule has 4 nitrogen and oxygen atoms in total. The largest absolute Gasteiger partial charge is 0.495 e. The predicted octanol–water partition coefficient (Wildman–Crippen LogP) is 4.64. The summed E-state index contributed by atoms with van der Waals surface area (Å²) >= 11 is 7.72. The Balaban J connectivity index is 2.35. The molecule has 6 heteroatoms. The lowest BCUT2D eigenvalue weighted by Gasteiger charge is -2.14. The van der Waals surface area contributed by atoms with Crippen molar-refractivity contribution < 1.29 is 14.3 Å². The Morgan fingerprint density at radius 3 is 2.43 bits per heavy atom. The fraction of sp³-hybridized carbons (Fsp3) is 0.235. The SMILES string of the molecule is COc1cc(OC)c(NC(=O)c2cc(SC)ccc2C)cc1Cl. The Morgan fingerprint density at radius 2 is 1.83 bits per heavy atom. The molecule has 2 aromatic carbocycles. The van der Waals surface area contributed by atoms with E-state index in [1.807, 2.05) is 31.4 Å². The Bertz CT molecular complexity index is 734. The Labute approximate surface area is 145 Å². The first-order valence-corrected chi connectivity index (χ1v) is 8.48. The molecule has 0 saturated carbocycles. The molecule has 0 bridgehead atoms. The summed E-state index contributed by atoms with van der Waals surface area (Å²) in [6.45, 7) is 1.90. The molecule has 0 unspecified atom stereocenters. The fourth-order valence-corrected chi connectivity index (χ4v) is 2.80. The number of rotatable bonds is 5. The number of amides is 1. The van der Waals surface area contributed by atoms with Gasteiger partial charge in [-0.3, -0.25) is 4.79 Å². The lowest BCUT2D eigenvalue weighted by molar-refractivity contribution is 0.102. The number of ether oxygens (including phenoxy) is 2. The lowest BCUT2D eigenvalue weighted by Crippen LogP contribution is -2.14. The Morgan fingerprint density at radius 1 is 1.13 bits per heavy atom. The van der Waals surface area contributed by atoms with E-state index >= 15 is 0 Å². The second-order valence-corrected chi connectivity index (χ2v) is 6.11. The minimum atomic E-state index is -0.210. The highest BCUT2D eigenvalue weighted by Gasteiger charge is 2.15. The van der Waals surface area contributed by atoms with Gasteiger partial charge in [0.1, 0.15) is 11.5 Å². The Kier molecular flexibility index (Phi) is 5.80. The van der Waals surface area contributed by atoms with Crippen LogP contribution >= 0.6 is 23.4 Å². The molecule has 2 rings (SSSR count). The molecule has 122 valence electrons. The second-order valence-electron chi connectivity index (χ2n) is 4.82. The second kappa shape index (κ2) is 7.62. The van der Waals surface area contributed by atoms with Crippen molar-refractivity contribution in [1.29, 1.82) is 0 Å². The van der Waals surface area contributed by atoms with Gasteiger partial charge in [-0.25, -0.2) is 0 Å². The maximum Gasteiger partial charge on any atom is 0.256 e. The van der Waals surface area contributed by atoms with E-state index in [0.717, 1.165) is 10.5 Å². The van der Waals surface area contributed by atoms with Crippen LogP contribution in [-0.4, -0.2) is 26.4 Å². The van der Waals surface area contributed by atoms with Crippen LogP contribution < -0.4 is 14.8 Å². The zero-order valence-electron chi connectivity index (χ0n) is 13.4. The molecular weight excluding hydrogens is 334 g/mol. The molecule has 0 heterocycles. The zero-order chi connectivity index (χ0) is 17.0. The van der Waals surface area contributed by atoms with E-state index in [9.17, 15) is 4.79 Å². The summed E-state index contributed by atoms with van der Waals surface area (Å²) in [5.41, 5.74) is 2.02. The highest BCUT2D eigenvalue weighted by molar-refractivity contribution is 7.98. The van der Waals surface area contributed by atoms with Crippen LogP contribution in [0.5, 0.6) is 11.5 Å². The maximum absolute atomic E-state index is 12.6. The number of anilines is 1. The summed E-state index contributed by atoms with van der Waals surface area (Å²) in [4.78, 5) is 13.6. The molecular formula is C17H18ClNO3S. The molecule has 0 aliphatic carbocycles. The molecule has 0 fully saturated rings. The van der Waals surface area contributed by atoms with Gasteiger partial charge in [0.25, 0.3) is 5.91 Å². The van der Waals surface area contributed by atoms with Crippen molar-refractivity contribution in [3.8, 4) is 11.5 Å². The minimum absolute atomic E-state index is 0.210. The molecule has 0 saturated heterocycles. The van der Waals surface area contributed by atoms with Crippen molar-refractivity contribution in [2.45, 2.75) is 11.8 Å². The lowest BCUT2D eigenvalue weighted by atomic mass is 10.1. The van der Waals surface area contributed by atoms with Gasteiger partial charge in [-0.2, -0.15) is 0 Å². The van der Waals surface area contributed by atoms with Crippen molar-refractivity contribution in [3.05, 3.63) is 46.5 Å². The van der Waals surface area contributed by atoms with Crippen LogP contribution in [0.25, 0.3) is 0 Å². The van der Waals surface area contributed by atoms with E-state index in [4.69, 9.17) is 21.1 Å². The fourth-order valence-electron chi connectivity index (χ4n) is 2.12. The van der Waals surface area contributed by atoms with Crippen LogP contribution in [0.1, 0.15) is 15.9 Å². The van der Waals surface area contributed by atoms with Gasteiger partial charge in [0.15, 0.2) is 0 Å².